The van der Waals surface area contributed by atoms with Crippen molar-refractivity contribution in [2.75, 3.05) is 0 Å². The van der Waals surface area contributed by atoms with Crippen LogP contribution >= 0.6 is 0 Å². The molecule has 1 heterocycles. The Morgan fingerprint density at radius 3 is 1.89 bits per heavy atom. The minimum atomic E-state index is -1.08. The van der Waals surface area contributed by atoms with Gasteiger partial charge in [0.2, 0.25) is 0 Å². The molecule has 5 atom stereocenters. The Kier molecular flexibility index (Phi) is 11.5. The third-order valence-electron chi connectivity index (χ3n) is 9.47. The quantitative estimate of drug-likeness (QED) is 0.183. The van der Waals surface area contributed by atoms with Crippen LogP contribution in [-0.4, -0.2) is 44.8 Å². The summed E-state index contributed by atoms with van der Waals surface area (Å²) in [5.41, 5.74) is 4.59. The van der Waals surface area contributed by atoms with Gasteiger partial charge >= 0.3 is 0 Å². The third-order valence-corrected chi connectivity index (χ3v) is 9.47. The lowest BCUT2D eigenvalue weighted by atomic mass is 9.64. The summed E-state index contributed by atoms with van der Waals surface area (Å²) in [6.45, 7) is 20.7. The molecule has 3 N–H and O–H groups in total. The van der Waals surface area contributed by atoms with Gasteiger partial charge in [0.25, 0.3) is 0 Å². The zero-order valence-electron chi connectivity index (χ0n) is 28.7. The van der Waals surface area contributed by atoms with E-state index in [9.17, 15) is 15.3 Å². The average molecular weight is 601 g/mol. The second-order valence-electron chi connectivity index (χ2n) is 14.6. The van der Waals surface area contributed by atoms with E-state index in [0.717, 1.165) is 34.3 Å². The molecule has 0 aromatic rings. The summed E-state index contributed by atoms with van der Waals surface area (Å²) >= 11 is 0. The van der Waals surface area contributed by atoms with Gasteiger partial charge < -0.3 is 20.1 Å². The largest absolute Gasteiger partial charge is 0.393 e. The molecular weight excluding hydrogens is 544 g/mol. The molecule has 4 nitrogen and oxygen atoms in total. The van der Waals surface area contributed by atoms with Crippen molar-refractivity contribution in [1.29, 1.82) is 0 Å². The van der Waals surface area contributed by atoms with E-state index in [2.05, 4.69) is 84.1 Å². The van der Waals surface area contributed by atoms with Gasteiger partial charge in [-0.25, -0.2) is 0 Å². The number of aliphatic hydroxyl groups is 3. The maximum absolute atomic E-state index is 11.3. The standard InChI is InChI=1S/C40H56O4/c1-28(17-13-18-30(3)21-22-40(43)32(5)23-33(41)26-38(40,8)9)15-11-12-16-29(2)19-14-20-31(4)35-24-36-37(6,7)25-34(42)27-39(36,10)44-35/h11-24,33-35,41-43H,25-27H2,1-10H3/b12-11+,17-13+,19-14+,22-21+,28-15+,29-16+,30-18+,31-20+. The van der Waals surface area contributed by atoms with Crippen LogP contribution in [0.1, 0.15) is 88.5 Å². The number of hydrogen-bond acceptors (Lipinski definition) is 4. The van der Waals surface area contributed by atoms with E-state index >= 15 is 0 Å². The predicted molar refractivity (Wildman–Crippen MR) is 185 cm³/mol. The second kappa shape index (κ2) is 14.1. The Morgan fingerprint density at radius 1 is 0.750 bits per heavy atom. The van der Waals surface area contributed by atoms with Crippen LogP contribution in [0.3, 0.4) is 0 Å². The summed E-state index contributed by atoms with van der Waals surface area (Å²) in [5.74, 6) is 0. The first-order valence-electron chi connectivity index (χ1n) is 16.0. The van der Waals surface area contributed by atoms with Crippen molar-refractivity contribution in [2.45, 2.75) is 118 Å². The van der Waals surface area contributed by atoms with Gasteiger partial charge in [-0.2, -0.15) is 0 Å². The molecule has 3 rings (SSSR count). The van der Waals surface area contributed by atoms with E-state index in [1.165, 1.54) is 5.57 Å². The predicted octanol–water partition coefficient (Wildman–Crippen LogP) is 8.73. The molecule has 0 bridgehead atoms. The average Bonchev–Trinajstić information content (AvgIpc) is 3.26. The topological polar surface area (TPSA) is 69.9 Å². The van der Waals surface area contributed by atoms with Crippen molar-refractivity contribution in [3.05, 3.63) is 119 Å². The number of allylic oxidation sites excluding steroid dienone is 14. The number of rotatable bonds is 9. The molecule has 44 heavy (non-hydrogen) atoms. The number of fused-ring (bicyclic) bond motifs is 1. The van der Waals surface area contributed by atoms with Crippen molar-refractivity contribution in [3.8, 4) is 0 Å². The molecule has 0 aromatic heterocycles. The number of ether oxygens (including phenoxy) is 1. The molecule has 240 valence electrons. The van der Waals surface area contributed by atoms with E-state index in [4.69, 9.17) is 4.74 Å². The third kappa shape index (κ3) is 8.69. The van der Waals surface area contributed by atoms with E-state index in [1.54, 1.807) is 6.08 Å². The highest BCUT2D eigenvalue weighted by atomic mass is 16.5. The van der Waals surface area contributed by atoms with Crippen LogP contribution in [0.5, 0.6) is 0 Å². The monoisotopic (exact) mass is 600 g/mol. The molecule has 0 saturated heterocycles. The SMILES string of the molecule is CC1=CC(O)CC(C)(C)C1(O)/C=C/C(C)=C/C=C/C(C)=C/C=C/C=C(C)/C=C/C=C(\C)C1C=C2C(C)(C)CC(O)CC2(C)O1. The molecule has 0 spiro atoms. The van der Waals surface area contributed by atoms with Crippen LogP contribution < -0.4 is 0 Å². The first-order chi connectivity index (χ1) is 20.4. The fourth-order valence-corrected chi connectivity index (χ4v) is 6.93. The summed E-state index contributed by atoms with van der Waals surface area (Å²) in [4.78, 5) is 0. The van der Waals surface area contributed by atoms with Gasteiger partial charge in [0.1, 0.15) is 5.60 Å². The lowest BCUT2D eigenvalue weighted by molar-refractivity contribution is -0.0683. The van der Waals surface area contributed by atoms with Crippen LogP contribution in [0.15, 0.2) is 119 Å². The normalized spacial score (nSPS) is 33.5. The Bertz CT molecular complexity index is 1370. The van der Waals surface area contributed by atoms with E-state index in [1.807, 2.05) is 64.2 Å². The van der Waals surface area contributed by atoms with Gasteiger partial charge in [0, 0.05) is 11.8 Å². The molecule has 4 heteroatoms. The molecule has 1 saturated carbocycles. The summed E-state index contributed by atoms with van der Waals surface area (Å²) in [7, 11) is 0. The van der Waals surface area contributed by atoms with E-state index in [-0.39, 0.29) is 17.6 Å². The first kappa shape index (κ1) is 35.7. The maximum atomic E-state index is 11.3. The summed E-state index contributed by atoms with van der Waals surface area (Å²) in [5, 5.41) is 31.8. The highest BCUT2D eigenvalue weighted by Crippen LogP contribution is 2.52. The molecule has 3 aliphatic rings. The van der Waals surface area contributed by atoms with Crippen molar-refractivity contribution in [3.63, 3.8) is 0 Å². The first-order valence-corrected chi connectivity index (χ1v) is 16.0. The Hall–Kier alpha value is -2.76. The Morgan fingerprint density at radius 2 is 1.30 bits per heavy atom. The summed E-state index contributed by atoms with van der Waals surface area (Å²) < 4.78 is 6.46. The zero-order valence-corrected chi connectivity index (χ0v) is 28.7. The molecule has 1 fully saturated rings. The minimum absolute atomic E-state index is 0.0570. The number of hydrogen-bond donors (Lipinski definition) is 3. The highest BCUT2D eigenvalue weighted by Gasteiger charge is 2.50. The second-order valence-corrected chi connectivity index (χ2v) is 14.6. The molecule has 2 aliphatic carbocycles. The fraction of sp³-hybridized carbons (Fsp3) is 0.500. The Balaban J connectivity index is 1.54. The molecular formula is C40H56O4. The van der Waals surface area contributed by atoms with Gasteiger partial charge in [-0.3, -0.25) is 0 Å². The zero-order chi connectivity index (χ0) is 32.9. The molecule has 0 aromatic carbocycles. The van der Waals surface area contributed by atoms with E-state index in [0.29, 0.717) is 12.8 Å². The highest BCUT2D eigenvalue weighted by molar-refractivity contribution is 5.38. The van der Waals surface area contributed by atoms with Crippen LogP contribution in [0.4, 0.5) is 0 Å². The Labute approximate surface area is 267 Å². The number of aliphatic hydroxyl groups excluding tert-OH is 2. The van der Waals surface area contributed by atoms with Crippen molar-refractivity contribution < 1.29 is 20.1 Å². The minimum Gasteiger partial charge on any atom is -0.393 e. The van der Waals surface area contributed by atoms with Crippen molar-refractivity contribution >= 4 is 0 Å². The lowest BCUT2D eigenvalue weighted by Crippen LogP contribution is -2.48. The summed E-state index contributed by atoms with van der Waals surface area (Å²) in [6, 6.07) is 0. The van der Waals surface area contributed by atoms with Gasteiger partial charge in [-0.15, -0.1) is 0 Å². The van der Waals surface area contributed by atoms with E-state index < -0.39 is 22.7 Å². The van der Waals surface area contributed by atoms with Gasteiger partial charge in [0.05, 0.1) is 23.9 Å². The van der Waals surface area contributed by atoms with Crippen LogP contribution in [0.25, 0.3) is 0 Å². The molecule has 1 aliphatic heterocycles. The van der Waals surface area contributed by atoms with Crippen molar-refractivity contribution in [1.82, 2.24) is 0 Å². The van der Waals surface area contributed by atoms with Crippen LogP contribution in [0, 0.1) is 10.8 Å². The van der Waals surface area contributed by atoms with Crippen molar-refractivity contribution in [2.24, 2.45) is 10.8 Å². The van der Waals surface area contributed by atoms with Crippen LogP contribution in [0.2, 0.25) is 0 Å². The molecule has 0 radical (unpaired) electrons. The molecule has 5 unspecified atom stereocenters. The maximum Gasteiger partial charge on any atom is 0.109 e. The van der Waals surface area contributed by atoms with Gasteiger partial charge in [-0.05, 0) is 88.7 Å². The van der Waals surface area contributed by atoms with Crippen LogP contribution in [-0.2, 0) is 4.74 Å². The fourth-order valence-electron chi connectivity index (χ4n) is 6.93. The van der Waals surface area contributed by atoms with Gasteiger partial charge in [0.15, 0.2) is 0 Å². The smallest absolute Gasteiger partial charge is 0.109 e. The lowest BCUT2D eigenvalue weighted by Gasteiger charge is -2.46. The summed E-state index contributed by atoms with van der Waals surface area (Å²) in [6.07, 6.45) is 29.5. The molecule has 0 amide bonds. The van der Waals surface area contributed by atoms with Gasteiger partial charge in [-0.1, -0.05) is 117 Å².